The lowest BCUT2D eigenvalue weighted by Gasteiger charge is -2.08. The third-order valence-electron chi connectivity index (χ3n) is 1.60. The van der Waals surface area contributed by atoms with Gasteiger partial charge in [-0.15, -0.1) is 12.4 Å². The van der Waals surface area contributed by atoms with Crippen LogP contribution in [0.25, 0.3) is 0 Å². The standard InChI is InChI=1S/C8H10ClNO2.ClH/c9-6-3-5(7(10)4-11)1-2-8(6)12;/h1-3,7,11-12H,4,10H2;1H/t7-;/m1./s1. The topological polar surface area (TPSA) is 66.5 Å². The molecule has 4 N–H and O–H groups in total. The first kappa shape index (κ1) is 12.5. The van der Waals surface area contributed by atoms with E-state index in [-0.39, 0.29) is 29.8 Å². The molecule has 0 aliphatic rings. The van der Waals surface area contributed by atoms with Gasteiger partial charge in [-0.2, -0.15) is 0 Å². The molecule has 5 heteroatoms. The maximum Gasteiger partial charge on any atom is 0.134 e. The van der Waals surface area contributed by atoms with Crippen molar-refractivity contribution < 1.29 is 10.2 Å². The number of aliphatic hydroxyl groups is 1. The molecule has 13 heavy (non-hydrogen) atoms. The average Bonchev–Trinajstić information content (AvgIpc) is 2.08. The lowest BCUT2D eigenvalue weighted by Crippen LogP contribution is -2.14. The molecule has 1 aromatic rings. The quantitative estimate of drug-likeness (QED) is 0.712. The highest BCUT2D eigenvalue weighted by molar-refractivity contribution is 6.32. The van der Waals surface area contributed by atoms with Crippen LogP contribution in [0.4, 0.5) is 0 Å². The van der Waals surface area contributed by atoms with E-state index >= 15 is 0 Å². The highest BCUT2D eigenvalue weighted by atomic mass is 35.5. The van der Waals surface area contributed by atoms with E-state index in [1.54, 1.807) is 6.07 Å². The van der Waals surface area contributed by atoms with Crippen molar-refractivity contribution in [1.82, 2.24) is 0 Å². The highest BCUT2D eigenvalue weighted by Crippen LogP contribution is 2.25. The van der Waals surface area contributed by atoms with Gasteiger partial charge < -0.3 is 15.9 Å². The molecular formula is C8H11Cl2NO2. The Hall–Kier alpha value is -0.480. The SMILES string of the molecule is Cl.N[C@H](CO)c1ccc(O)c(Cl)c1. The molecule has 1 rings (SSSR count). The van der Waals surface area contributed by atoms with E-state index in [0.717, 1.165) is 0 Å². The Balaban J connectivity index is 0.00000144. The monoisotopic (exact) mass is 223 g/mol. The molecule has 1 aromatic carbocycles. The van der Waals surface area contributed by atoms with Crippen LogP contribution in [-0.2, 0) is 0 Å². The molecule has 74 valence electrons. The van der Waals surface area contributed by atoms with Crippen LogP contribution in [0.15, 0.2) is 18.2 Å². The van der Waals surface area contributed by atoms with Crippen molar-refractivity contribution >= 4 is 24.0 Å². The number of aromatic hydroxyl groups is 1. The lowest BCUT2D eigenvalue weighted by atomic mass is 10.1. The van der Waals surface area contributed by atoms with Gasteiger partial charge in [-0.1, -0.05) is 17.7 Å². The zero-order chi connectivity index (χ0) is 9.14. The minimum absolute atomic E-state index is 0. The molecule has 0 fully saturated rings. The minimum Gasteiger partial charge on any atom is -0.506 e. The second kappa shape index (κ2) is 5.29. The molecule has 0 aliphatic carbocycles. The summed E-state index contributed by atoms with van der Waals surface area (Å²) in [5.41, 5.74) is 6.23. The number of aliphatic hydroxyl groups excluding tert-OH is 1. The fourth-order valence-electron chi connectivity index (χ4n) is 0.859. The second-order valence-corrected chi connectivity index (χ2v) is 2.91. The molecule has 0 heterocycles. The molecule has 0 unspecified atom stereocenters. The molecule has 0 saturated heterocycles. The lowest BCUT2D eigenvalue weighted by molar-refractivity contribution is 0.268. The van der Waals surface area contributed by atoms with Crippen molar-refractivity contribution in [3.8, 4) is 5.75 Å². The van der Waals surface area contributed by atoms with Crippen LogP contribution < -0.4 is 5.73 Å². The van der Waals surface area contributed by atoms with E-state index in [0.29, 0.717) is 5.56 Å². The Labute approximate surface area is 87.5 Å². The first-order valence-corrected chi connectivity index (χ1v) is 3.88. The van der Waals surface area contributed by atoms with E-state index < -0.39 is 6.04 Å². The van der Waals surface area contributed by atoms with Crippen molar-refractivity contribution in [2.75, 3.05) is 6.61 Å². The van der Waals surface area contributed by atoms with Crippen LogP contribution in [0.2, 0.25) is 5.02 Å². The molecule has 0 spiro atoms. The van der Waals surface area contributed by atoms with Crippen LogP contribution in [0.3, 0.4) is 0 Å². The minimum atomic E-state index is -0.442. The van der Waals surface area contributed by atoms with E-state index in [2.05, 4.69) is 0 Å². The van der Waals surface area contributed by atoms with Crippen LogP contribution in [0.5, 0.6) is 5.75 Å². The van der Waals surface area contributed by atoms with Gasteiger partial charge in [0.05, 0.1) is 17.7 Å². The summed E-state index contributed by atoms with van der Waals surface area (Å²) in [5.74, 6) is 0.0190. The molecule has 0 aromatic heterocycles. The van der Waals surface area contributed by atoms with Gasteiger partial charge in [-0.3, -0.25) is 0 Å². The zero-order valence-electron chi connectivity index (χ0n) is 6.77. The van der Waals surface area contributed by atoms with Crippen molar-refractivity contribution in [3.63, 3.8) is 0 Å². The summed E-state index contributed by atoms with van der Waals surface area (Å²) >= 11 is 5.63. The molecule has 0 radical (unpaired) electrons. The number of nitrogens with two attached hydrogens (primary N) is 1. The summed E-state index contributed by atoms with van der Waals surface area (Å²) < 4.78 is 0. The van der Waals surface area contributed by atoms with Crippen molar-refractivity contribution in [2.24, 2.45) is 5.73 Å². The third kappa shape index (κ3) is 3.04. The average molecular weight is 224 g/mol. The second-order valence-electron chi connectivity index (χ2n) is 2.50. The number of hydrogen-bond donors (Lipinski definition) is 3. The molecule has 0 bridgehead atoms. The fourth-order valence-corrected chi connectivity index (χ4v) is 1.05. The maximum atomic E-state index is 9.06. The van der Waals surface area contributed by atoms with Crippen molar-refractivity contribution in [2.45, 2.75) is 6.04 Å². The summed E-state index contributed by atoms with van der Waals surface area (Å²) in [4.78, 5) is 0. The zero-order valence-corrected chi connectivity index (χ0v) is 8.35. The first-order chi connectivity index (χ1) is 5.65. The van der Waals surface area contributed by atoms with Gasteiger partial charge in [-0.05, 0) is 17.7 Å². The van der Waals surface area contributed by atoms with Crippen LogP contribution >= 0.6 is 24.0 Å². The fraction of sp³-hybridized carbons (Fsp3) is 0.250. The Morgan fingerprint density at radius 3 is 2.54 bits per heavy atom. The largest absolute Gasteiger partial charge is 0.506 e. The van der Waals surface area contributed by atoms with Gasteiger partial charge in [0.25, 0.3) is 0 Å². The number of phenols is 1. The van der Waals surface area contributed by atoms with Crippen LogP contribution in [0, 0.1) is 0 Å². The van der Waals surface area contributed by atoms with Crippen LogP contribution in [0.1, 0.15) is 11.6 Å². The van der Waals surface area contributed by atoms with Gasteiger partial charge in [0.15, 0.2) is 0 Å². The van der Waals surface area contributed by atoms with Gasteiger partial charge in [0.2, 0.25) is 0 Å². The van der Waals surface area contributed by atoms with Gasteiger partial charge in [0, 0.05) is 0 Å². The summed E-state index contributed by atoms with van der Waals surface area (Å²) in [6, 6.07) is 4.18. The highest BCUT2D eigenvalue weighted by Gasteiger charge is 2.06. The molecule has 1 atom stereocenters. The number of halogens is 2. The molecule has 0 aliphatic heterocycles. The predicted octanol–water partition coefficient (Wildman–Crippen LogP) is 1.46. The predicted molar refractivity (Wildman–Crippen MR) is 54.4 cm³/mol. The van der Waals surface area contributed by atoms with E-state index in [4.69, 9.17) is 27.5 Å². The molecule has 0 saturated carbocycles. The summed E-state index contributed by atoms with van der Waals surface area (Å²) in [6.45, 7) is -0.138. The van der Waals surface area contributed by atoms with Gasteiger partial charge in [-0.25, -0.2) is 0 Å². The summed E-state index contributed by atoms with van der Waals surface area (Å²) in [7, 11) is 0. The van der Waals surface area contributed by atoms with Crippen molar-refractivity contribution in [3.05, 3.63) is 28.8 Å². The van der Waals surface area contributed by atoms with Crippen molar-refractivity contribution in [1.29, 1.82) is 0 Å². The number of phenolic OH excluding ortho intramolecular Hbond substituents is 1. The third-order valence-corrected chi connectivity index (χ3v) is 1.90. The van der Waals surface area contributed by atoms with Crippen LogP contribution in [-0.4, -0.2) is 16.8 Å². The van der Waals surface area contributed by atoms with E-state index in [1.165, 1.54) is 12.1 Å². The smallest absolute Gasteiger partial charge is 0.134 e. The normalized spacial score (nSPS) is 11.9. The maximum absolute atomic E-state index is 9.06. The number of hydrogen-bond acceptors (Lipinski definition) is 3. The Morgan fingerprint density at radius 1 is 1.46 bits per heavy atom. The van der Waals surface area contributed by atoms with E-state index in [9.17, 15) is 0 Å². The number of rotatable bonds is 2. The molecular weight excluding hydrogens is 213 g/mol. The Kier molecular flexibility index (Phi) is 5.10. The Morgan fingerprint density at radius 2 is 2.08 bits per heavy atom. The van der Waals surface area contributed by atoms with Gasteiger partial charge >= 0.3 is 0 Å². The molecule has 3 nitrogen and oxygen atoms in total. The van der Waals surface area contributed by atoms with E-state index in [1.807, 2.05) is 0 Å². The summed E-state index contributed by atoms with van der Waals surface area (Å²) in [5, 5.41) is 18.0. The number of benzene rings is 1. The van der Waals surface area contributed by atoms with Gasteiger partial charge in [0.1, 0.15) is 5.75 Å². The molecule has 0 amide bonds. The first-order valence-electron chi connectivity index (χ1n) is 3.50. The summed E-state index contributed by atoms with van der Waals surface area (Å²) in [6.07, 6.45) is 0. The Bertz CT molecular complexity index is 281.